The van der Waals surface area contributed by atoms with Crippen LogP contribution >= 0.6 is 0 Å². The van der Waals surface area contributed by atoms with Crippen LogP contribution in [0, 0.1) is 0 Å². The van der Waals surface area contributed by atoms with Crippen molar-refractivity contribution in [2.75, 3.05) is 0 Å². The molecule has 0 fully saturated rings. The third-order valence-electron chi connectivity index (χ3n) is 1.72. The average molecular weight is 200 g/mol. The summed E-state index contributed by atoms with van der Waals surface area (Å²) in [4.78, 5) is 0. The van der Waals surface area contributed by atoms with Gasteiger partial charge in [-0.1, -0.05) is 24.3 Å². The van der Waals surface area contributed by atoms with Crippen LogP contribution in [0.1, 0.15) is 11.1 Å². The van der Waals surface area contributed by atoms with E-state index in [-0.39, 0.29) is 0 Å². The Bertz CT molecular complexity index is 304. The Morgan fingerprint density at radius 2 is 2.00 bits per heavy atom. The highest BCUT2D eigenvalue weighted by Gasteiger charge is 2.00. The molecule has 0 saturated heterocycles. The van der Waals surface area contributed by atoms with E-state index < -0.39 is 11.3 Å². The number of hydrogen-bond donors (Lipinski definition) is 3. The summed E-state index contributed by atoms with van der Waals surface area (Å²) in [6.07, 6.45) is 0. The lowest BCUT2D eigenvalue weighted by molar-refractivity contribution is 0.548. The van der Waals surface area contributed by atoms with Crippen molar-refractivity contribution in [3.8, 4) is 0 Å². The van der Waals surface area contributed by atoms with Crippen LogP contribution in [0.3, 0.4) is 0 Å². The molecule has 4 N–H and O–H groups in total. The maximum Gasteiger partial charge on any atom is 0.232 e. The number of benzene rings is 1. The standard InChI is InChI=1S/C8H12N2O2S/c9-5-7-3-1-2-4-8(7)6-10-13(11)12/h1-4,10H,5-6,9H2,(H,11,12). The van der Waals surface area contributed by atoms with Gasteiger partial charge >= 0.3 is 0 Å². The Hall–Kier alpha value is -0.750. The van der Waals surface area contributed by atoms with Gasteiger partial charge in [0.05, 0.1) is 0 Å². The summed E-state index contributed by atoms with van der Waals surface area (Å²) in [7, 11) is 0. The van der Waals surface area contributed by atoms with E-state index in [4.69, 9.17) is 10.3 Å². The van der Waals surface area contributed by atoms with E-state index in [0.717, 1.165) is 11.1 Å². The minimum atomic E-state index is -1.97. The third-order valence-corrected chi connectivity index (χ3v) is 2.12. The molecule has 0 amide bonds. The van der Waals surface area contributed by atoms with E-state index in [9.17, 15) is 4.21 Å². The molecule has 0 aliphatic heterocycles. The van der Waals surface area contributed by atoms with Gasteiger partial charge in [-0.15, -0.1) is 0 Å². The van der Waals surface area contributed by atoms with Gasteiger partial charge in [0.25, 0.3) is 0 Å². The van der Waals surface area contributed by atoms with Crippen LogP contribution in [0.2, 0.25) is 0 Å². The fourth-order valence-corrected chi connectivity index (χ4v) is 1.35. The Morgan fingerprint density at radius 3 is 2.54 bits per heavy atom. The molecule has 0 spiro atoms. The molecule has 1 aromatic carbocycles. The molecule has 1 rings (SSSR count). The molecule has 0 aliphatic carbocycles. The maximum absolute atomic E-state index is 10.3. The van der Waals surface area contributed by atoms with Crippen molar-refractivity contribution in [2.24, 2.45) is 5.73 Å². The topological polar surface area (TPSA) is 75.3 Å². The maximum atomic E-state index is 10.3. The van der Waals surface area contributed by atoms with Crippen molar-refractivity contribution >= 4 is 11.3 Å². The predicted octanol–water partition coefficient (Wildman–Crippen LogP) is 0.372. The quantitative estimate of drug-likeness (QED) is 0.615. The highest BCUT2D eigenvalue weighted by molar-refractivity contribution is 7.77. The minimum absolute atomic E-state index is 0.358. The summed E-state index contributed by atoms with van der Waals surface area (Å²) in [5, 5.41) is 0. The molecule has 13 heavy (non-hydrogen) atoms. The molecular weight excluding hydrogens is 188 g/mol. The molecule has 0 aliphatic rings. The van der Waals surface area contributed by atoms with Crippen LogP contribution < -0.4 is 10.5 Å². The number of hydrogen-bond acceptors (Lipinski definition) is 2. The first-order chi connectivity index (χ1) is 6.24. The van der Waals surface area contributed by atoms with Gasteiger partial charge in [-0.05, 0) is 11.1 Å². The van der Waals surface area contributed by atoms with Crippen molar-refractivity contribution in [1.29, 1.82) is 0 Å². The van der Waals surface area contributed by atoms with Crippen molar-refractivity contribution in [2.45, 2.75) is 13.1 Å². The van der Waals surface area contributed by atoms with E-state index >= 15 is 0 Å². The molecule has 1 unspecified atom stereocenters. The Labute approximate surface area is 79.6 Å². The Kier molecular flexibility index (Phi) is 4.04. The molecule has 0 radical (unpaired) electrons. The van der Waals surface area contributed by atoms with Crippen molar-refractivity contribution in [3.63, 3.8) is 0 Å². The zero-order valence-electron chi connectivity index (χ0n) is 7.06. The summed E-state index contributed by atoms with van der Waals surface area (Å²) in [5.41, 5.74) is 7.43. The highest BCUT2D eigenvalue weighted by atomic mass is 32.2. The monoisotopic (exact) mass is 200 g/mol. The average Bonchev–Trinajstić information content (AvgIpc) is 2.15. The molecule has 72 valence electrons. The van der Waals surface area contributed by atoms with Gasteiger partial charge in [0.15, 0.2) is 0 Å². The molecule has 0 saturated carbocycles. The van der Waals surface area contributed by atoms with Crippen LogP contribution in [0.4, 0.5) is 0 Å². The van der Waals surface area contributed by atoms with Gasteiger partial charge in [-0.3, -0.25) is 4.55 Å². The molecule has 4 nitrogen and oxygen atoms in total. The number of nitrogens with one attached hydrogen (secondary N) is 1. The van der Waals surface area contributed by atoms with E-state index in [1.165, 1.54) is 0 Å². The van der Waals surface area contributed by atoms with Crippen LogP contribution in [0.25, 0.3) is 0 Å². The Balaban J connectivity index is 2.69. The predicted molar refractivity (Wildman–Crippen MR) is 51.9 cm³/mol. The summed E-state index contributed by atoms with van der Waals surface area (Å²) < 4.78 is 21.3. The van der Waals surface area contributed by atoms with Gasteiger partial charge in [0.2, 0.25) is 11.3 Å². The third kappa shape index (κ3) is 3.23. The molecule has 1 aromatic rings. The van der Waals surface area contributed by atoms with E-state index in [2.05, 4.69) is 4.72 Å². The smallest absolute Gasteiger partial charge is 0.232 e. The lowest BCUT2D eigenvalue weighted by Gasteiger charge is -2.05. The minimum Gasteiger partial charge on any atom is -0.326 e. The summed E-state index contributed by atoms with van der Waals surface area (Å²) in [5.74, 6) is 0. The first-order valence-electron chi connectivity index (χ1n) is 3.85. The molecule has 0 aromatic heterocycles. The van der Waals surface area contributed by atoms with Gasteiger partial charge in [0, 0.05) is 13.1 Å². The summed E-state index contributed by atoms with van der Waals surface area (Å²) >= 11 is -1.97. The fraction of sp³-hybridized carbons (Fsp3) is 0.250. The Morgan fingerprint density at radius 1 is 1.38 bits per heavy atom. The molecule has 0 bridgehead atoms. The van der Waals surface area contributed by atoms with Crippen LogP contribution in [0.5, 0.6) is 0 Å². The zero-order chi connectivity index (χ0) is 9.68. The number of nitrogens with two attached hydrogens (primary N) is 1. The second kappa shape index (κ2) is 5.08. The zero-order valence-corrected chi connectivity index (χ0v) is 7.88. The molecule has 0 heterocycles. The molecule has 5 heteroatoms. The number of rotatable bonds is 4. The van der Waals surface area contributed by atoms with Crippen LogP contribution in [-0.2, 0) is 24.4 Å². The van der Waals surface area contributed by atoms with E-state index in [0.29, 0.717) is 13.1 Å². The van der Waals surface area contributed by atoms with Crippen molar-refractivity contribution in [3.05, 3.63) is 35.4 Å². The van der Waals surface area contributed by atoms with E-state index in [1.54, 1.807) is 0 Å². The second-order valence-corrected chi connectivity index (χ2v) is 3.33. The lowest BCUT2D eigenvalue weighted by atomic mass is 10.1. The second-order valence-electron chi connectivity index (χ2n) is 2.54. The van der Waals surface area contributed by atoms with Gasteiger partial charge in [-0.25, -0.2) is 8.93 Å². The normalized spacial score (nSPS) is 12.8. The van der Waals surface area contributed by atoms with Gasteiger partial charge in [-0.2, -0.15) is 0 Å². The van der Waals surface area contributed by atoms with Crippen molar-refractivity contribution in [1.82, 2.24) is 4.72 Å². The SMILES string of the molecule is NCc1ccccc1CNS(=O)O. The lowest BCUT2D eigenvalue weighted by Crippen LogP contribution is -2.17. The molecule has 1 atom stereocenters. The van der Waals surface area contributed by atoms with Crippen LogP contribution in [-0.4, -0.2) is 8.76 Å². The first kappa shape index (κ1) is 10.3. The van der Waals surface area contributed by atoms with Gasteiger partial charge in [0.1, 0.15) is 0 Å². The van der Waals surface area contributed by atoms with Crippen LogP contribution in [0.15, 0.2) is 24.3 Å². The van der Waals surface area contributed by atoms with Crippen molar-refractivity contribution < 1.29 is 8.76 Å². The molecular formula is C8H12N2O2S. The fourth-order valence-electron chi connectivity index (χ4n) is 1.07. The van der Waals surface area contributed by atoms with E-state index in [1.807, 2.05) is 24.3 Å². The van der Waals surface area contributed by atoms with Gasteiger partial charge < -0.3 is 5.73 Å². The summed E-state index contributed by atoms with van der Waals surface area (Å²) in [6, 6.07) is 7.54. The largest absolute Gasteiger partial charge is 0.326 e. The first-order valence-corrected chi connectivity index (χ1v) is 4.96. The summed E-state index contributed by atoms with van der Waals surface area (Å²) in [6.45, 7) is 0.798. The highest BCUT2D eigenvalue weighted by Crippen LogP contribution is 2.07.